The number of benzene rings is 2. The molecule has 5 nitrogen and oxygen atoms in total. The van der Waals surface area contributed by atoms with Crippen molar-refractivity contribution in [3.63, 3.8) is 0 Å². The Morgan fingerprint density at radius 3 is 2.54 bits per heavy atom. The van der Waals surface area contributed by atoms with E-state index >= 15 is 0 Å². The Morgan fingerprint density at radius 1 is 1.12 bits per heavy atom. The number of carbonyl (C=O) groups excluding carboxylic acids is 1. The average Bonchev–Trinajstić information content (AvgIpc) is 2.59. The van der Waals surface area contributed by atoms with Crippen molar-refractivity contribution in [1.29, 1.82) is 0 Å². The predicted molar refractivity (Wildman–Crippen MR) is 114 cm³/mol. The molecule has 0 atom stereocenters. The molecule has 2 aromatic rings. The van der Waals surface area contributed by atoms with Crippen LogP contribution in [-0.2, 0) is 4.74 Å². The summed E-state index contributed by atoms with van der Waals surface area (Å²) in [5.41, 5.74) is 2.36. The Bertz CT molecular complexity index is 815. The number of hydrogen-bond donors (Lipinski definition) is 2. The van der Waals surface area contributed by atoms with Gasteiger partial charge in [0.25, 0.3) is 5.91 Å². The van der Waals surface area contributed by atoms with Gasteiger partial charge in [0.15, 0.2) is 5.11 Å². The van der Waals surface area contributed by atoms with Crippen molar-refractivity contribution in [3.05, 3.63) is 56.5 Å². The van der Waals surface area contributed by atoms with Crippen LogP contribution in [0.3, 0.4) is 0 Å². The third-order valence-corrected chi connectivity index (χ3v) is 4.82. The molecule has 2 rings (SSSR count). The molecule has 0 fully saturated rings. The van der Waals surface area contributed by atoms with E-state index in [0.29, 0.717) is 29.0 Å². The van der Waals surface area contributed by atoms with Crippen LogP contribution in [0.2, 0.25) is 0 Å². The number of thiocarbonyl (C=S) groups is 1. The molecule has 0 heterocycles. The Hall–Kier alpha value is -1.48. The largest absolute Gasteiger partial charge is 0.490 e. The van der Waals surface area contributed by atoms with E-state index in [1.54, 1.807) is 25.3 Å². The Morgan fingerprint density at radius 2 is 1.88 bits per heavy atom. The van der Waals surface area contributed by atoms with Crippen LogP contribution in [0.25, 0.3) is 0 Å². The third-order valence-electron chi connectivity index (χ3n) is 3.34. The lowest BCUT2D eigenvalue weighted by Gasteiger charge is -2.12. The number of methoxy groups -OCH3 is 1. The molecule has 0 saturated heterocycles. The lowest BCUT2D eigenvalue weighted by atomic mass is 10.2. The van der Waals surface area contributed by atoms with Gasteiger partial charge in [-0.15, -0.1) is 0 Å². The van der Waals surface area contributed by atoms with Crippen LogP contribution >= 0.6 is 44.1 Å². The first kappa shape index (κ1) is 20.8. The van der Waals surface area contributed by atoms with Crippen LogP contribution in [0.1, 0.15) is 15.9 Å². The van der Waals surface area contributed by atoms with Crippen LogP contribution in [0.5, 0.6) is 5.75 Å². The number of rotatable bonds is 6. The molecule has 138 valence electrons. The lowest BCUT2D eigenvalue weighted by molar-refractivity contribution is 0.0977. The van der Waals surface area contributed by atoms with E-state index in [9.17, 15) is 4.79 Å². The maximum Gasteiger partial charge on any atom is 0.257 e. The second-order valence-corrected chi connectivity index (χ2v) is 7.49. The summed E-state index contributed by atoms with van der Waals surface area (Å²) in [5.74, 6) is 0.331. The molecule has 1 amide bonds. The minimum Gasteiger partial charge on any atom is -0.490 e. The quantitative estimate of drug-likeness (QED) is 0.445. The monoisotopic (exact) mass is 500 g/mol. The zero-order valence-electron chi connectivity index (χ0n) is 14.3. The number of anilines is 1. The number of nitrogens with one attached hydrogen (secondary N) is 2. The molecule has 0 saturated carbocycles. The lowest BCUT2D eigenvalue weighted by Crippen LogP contribution is -2.34. The molecule has 0 unspecified atom stereocenters. The van der Waals surface area contributed by atoms with Crippen molar-refractivity contribution in [2.24, 2.45) is 0 Å². The van der Waals surface area contributed by atoms with Crippen molar-refractivity contribution >= 4 is 60.8 Å². The average molecular weight is 502 g/mol. The highest BCUT2D eigenvalue weighted by Gasteiger charge is 2.12. The Labute approximate surface area is 174 Å². The topological polar surface area (TPSA) is 59.6 Å². The number of ether oxygens (including phenoxy) is 2. The zero-order chi connectivity index (χ0) is 19.1. The van der Waals surface area contributed by atoms with Crippen molar-refractivity contribution in [2.75, 3.05) is 25.6 Å². The van der Waals surface area contributed by atoms with E-state index < -0.39 is 0 Å². The van der Waals surface area contributed by atoms with Gasteiger partial charge in [-0.05, 0) is 86.9 Å². The molecule has 0 aliphatic rings. The van der Waals surface area contributed by atoms with Crippen molar-refractivity contribution < 1.29 is 14.3 Å². The number of aryl methyl sites for hydroxylation is 1. The summed E-state index contributed by atoms with van der Waals surface area (Å²) in [6.45, 7) is 2.92. The van der Waals surface area contributed by atoms with Gasteiger partial charge in [-0.2, -0.15) is 0 Å². The minimum atomic E-state index is -0.310. The van der Waals surface area contributed by atoms with E-state index in [-0.39, 0.29) is 11.0 Å². The predicted octanol–water partition coefficient (Wildman–Crippen LogP) is 4.67. The second kappa shape index (κ2) is 10.0. The van der Waals surface area contributed by atoms with Gasteiger partial charge in [-0.3, -0.25) is 10.1 Å². The summed E-state index contributed by atoms with van der Waals surface area (Å²) >= 11 is 12.1. The van der Waals surface area contributed by atoms with Gasteiger partial charge in [-0.1, -0.05) is 6.07 Å². The van der Waals surface area contributed by atoms with Crippen LogP contribution in [-0.4, -0.2) is 31.3 Å². The highest BCUT2D eigenvalue weighted by Crippen LogP contribution is 2.26. The molecule has 26 heavy (non-hydrogen) atoms. The number of amides is 1. The normalized spacial score (nSPS) is 10.3. The van der Waals surface area contributed by atoms with E-state index in [2.05, 4.69) is 42.5 Å². The fourth-order valence-electron chi connectivity index (χ4n) is 2.04. The van der Waals surface area contributed by atoms with Crippen LogP contribution in [0.4, 0.5) is 5.69 Å². The molecule has 0 aliphatic heterocycles. The Kier molecular flexibility index (Phi) is 8.02. The van der Waals surface area contributed by atoms with Gasteiger partial charge in [0.1, 0.15) is 12.4 Å². The van der Waals surface area contributed by atoms with Gasteiger partial charge >= 0.3 is 0 Å². The van der Waals surface area contributed by atoms with E-state index in [1.165, 1.54) is 0 Å². The molecule has 0 aromatic heterocycles. The third kappa shape index (κ3) is 6.05. The fraction of sp³-hybridized carbons (Fsp3) is 0.222. The van der Waals surface area contributed by atoms with Crippen LogP contribution in [0, 0.1) is 6.92 Å². The molecule has 2 N–H and O–H groups in total. The summed E-state index contributed by atoms with van der Waals surface area (Å²) < 4.78 is 12.0. The number of halogens is 2. The van der Waals surface area contributed by atoms with E-state index in [4.69, 9.17) is 21.7 Å². The summed E-state index contributed by atoms with van der Waals surface area (Å²) in [6.07, 6.45) is 0. The van der Waals surface area contributed by atoms with Crippen molar-refractivity contribution in [2.45, 2.75) is 6.92 Å². The molecular weight excluding hydrogens is 484 g/mol. The molecule has 0 radical (unpaired) electrons. The molecule has 0 spiro atoms. The molecule has 0 bridgehead atoms. The standard InChI is InChI=1S/C18H18Br2N2O3S/c1-11-3-5-15(13(19)9-11)21-18(26)22-17(23)12-4-6-16(14(20)10-12)25-8-7-24-2/h3-6,9-10H,7-8H2,1-2H3,(H2,21,22,23,26). The molecule has 8 heteroatoms. The summed E-state index contributed by atoms with van der Waals surface area (Å²) in [4.78, 5) is 12.4. The molecule has 0 aliphatic carbocycles. The first-order valence-electron chi connectivity index (χ1n) is 7.70. The molecular formula is C18H18Br2N2O3S. The maximum absolute atomic E-state index is 12.4. The van der Waals surface area contributed by atoms with Crippen LogP contribution in [0.15, 0.2) is 45.3 Å². The van der Waals surface area contributed by atoms with Crippen LogP contribution < -0.4 is 15.4 Å². The highest BCUT2D eigenvalue weighted by molar-refractivity contribution is 9.11. The van der Waals surface area contributed by atoms with Gasteiger partial charge in [0.2, 0.25) is 0 Å². The highest BCUT2D eigenvalue weighted by atomic mass is 79.9. The minimum absolute atomic E-state index is 0.219. The number of carbonyl (C=O) groups is 1. The Balaban J connectivity index is 1.98. The fourth-order valence-corrected chi connectivity index (χ4v) is 3.33. The van der Waals surface area contributed by atoms with Crippen molar-refractivity contribution in [1.82, 2.24) is 5.32 Å². The van der Waals surface area contributed by atoms with Gasteiger partial charge in [-0.25, -0.2) is 0 Å². The summed E-state index contributed by atoms with van der Waals surface area (Å²) in [7, 11) is 1.61. The first-order valence-corrected chi connectivity index (χ1v) is 9.70. The maximum atomic E-state index is 12.4. The molecule has 2 aromatic carbocycles. The van der Waals surface area contributed by atoms with Gasteiger partial charge < -0.3 is 14.8 Å². The SMILES string of the molecule is COCCOc1ccc(C(=O)NC(=S)Nc2ccc(C)cc2Br)cc1Br. The van der Waals surface area contributed by atoms with Gasteiger partial charge in [0, 0.05) is 17.1 Å². The second-order valence-electron chi connectivity index (χ2n) is 5.38. The van der Waals surface area contributed by atoms with E-state index in [0.717, 1.165) is 15.7 Å². The number of hydrogen-bond acceptors (Lipinski definition) is 4. The summed E-state index contributed by atoms with van der Waals surface area (Å²) in [6, 6.07) is 10.9. The van der Waals surface area contributed by atoms with Gasteiger partial charge in [0.05, 0.1) is 16.8 Å². The first-order chi connectivity index (χ1) is 12.4. The smallest absolute Gasteiger partial charge is 0.257 e. The zero-order valence-corrected chi connectivity index (χ0v) is 18.3. The summed E-state index contributed by atoms with van der Waals surface area (Å²) in [5, 5.41) is 5.88. The van der Waals surface area contributed by atoms with E-state index in [1.807, 2.05) is 25.1 Å². The van der Waals surface area contributed by atoms with Crippen molar-refractivity contribution in [3.8, 4) is 5.75 Å².